The highest BCUT2D eigenvalue weighted by atomic mass is 35.5. The van der Waals surface area contributed by atoms with Gasteiger partial charge >= 0.3 is 5.97 Å². The summed E-state index contributed by atoms with van der Waals surface area (Å²) in [5, 5.41) is 11.3. The molecule has 5 rings (SSSR count). The second-order valence-electron chi connectivity index (χ2n) is 9.45. The van der Waals surface area contributed by atoms with E-state index in [0.717, 1.165) is 5.56 Å². The first kappa shape index (κ1) is 29.7. The molecule has 10 nitrogen and oxygen atoms in total. The summed E-state index contributed by atoms with van der Waals surface area (Å²) in [7, 11) is 2.77. The molecule has 1 atom stereocenters. The van der Waals surface area contributed by atoms with E-state index >= 15 is 0 Å². The Morgan fingerprint density at radius 2 is 1.91 bits per heavy atom. The van der Waals surface area contributed by atoms with Crippen molar-refractivity contribution in [1.82, 2.24) is 4.57 Å². The van der Waals surface area contributed by atoms with E-state index in [9.17, 15) is 19.7 Å². The molecule has 220 valence electrons. The van der Waals surface area contributed by atoms with Crippen LogP contribution in [-0.2, 0) is 16.1 Å². The normalized spacial score (nSPS) is 14.6. The number of non-ortho nitro benzene ring substituents is 1. The molecule has 0 unspecified atom stereocenters. The number of nitrogens with zero attached hydrogens (tertiary/aromatic N) is 3. The van der Waals surface area contributed by atoms with Gasteiger partial charge in [0, 0.05) is 12.1 Å². The van der Waals surface area contributed by atoms with E-state index in [2.05, 4.69) is 4.99 Å². The van der Waals surface area contributed by atoms with Gasteiger partial charge < -0.3 is 14.2 Å². The first-order valence-electron chi connectivity index (χ1n) is 13.2. The third-order valence-corrected chi connectivity index (χ3v) is 8.08. The molecule has 0 amide bonds. The van der Waals surface area contributed by atoms with E-state index in [1.165, 1.54) is 42.3 Å². The number of hydrogen-bond donors (Lipinski definition) is 0. The number of allylic oxidation sites excluding steroid dienone is 1. The van der Waals surface area contributed by atoms with Gasteiger partial charge in [-0.15, -0.1) is 0 Å². The van der Waals surface area contributed by atoms with Gasteiger partial charge in [-0.3, -0.25) is 19.5 Å². The van der Waals surface area contributed by atoms with Crippen LogP contribution in [0.3, 0.4) is 0 Å². The number of methoxy groups -OCH3 is 2. The van der Waals surface area contributed by atoms with Gasteiger partial charge in [-0.25, -0.2) is 9.79 Å². The minimum atomic E-state index is -0.704. The molecular formula is C31H26ClN3O7S. The van der Waals surface area contributed by atoms with Crippen LogP contribution in [0.4, 0.5) is 5.69 Å². The summed E-state index contributed by atoms with van der Waals surface area (Å²) in [4.78, 5) is 42.6. The number of rotatable bonds is 9. The van der Waals surface area contributed by atoms with Crippen molar-refractivity contribution >= 4 is 40.7 Å². The lowest BCUT2D eigenvalue weighted by atomic mass is 9.95. The molecule has 0 radical (unpaired) electrons. The van der Waals surface area contributed by atoms with Crippen LogP contribution in [0.15, 0.2) is 87.8 Å². The summed E-state index contributed by atoms with van der Waals surface area (Å²) in [6.07, 6.45) is 2.15. The SMILES string of the molecule is CCC1=C(C(=O)OC)[C@@H](c2ccccc2)n2c(s/c(=C\c3cc(Cl)c(OCc4cccc([N+](=O)[O-])c4)c(OC)c3)c2=O)=N1. The molecule has 1 aliphatic heterocycles. The number of benzene rings is 3. The maximum Gasteiger partial charge on any atom is 0.338 e. The molecule has 0 saturated heterocycles. The van der Waals surface area contributed by atoms with Crippen LogP contribution in [0.2, 0.25) is 5.02 Å². The maximum absolute atomic E-state index is 13.9. The second kappa shape index (κ2) is 12.6. The minimum absolute atomic E-state index is 0.0253. The number of thiazole rings is 1. The van der Waals surface area contributed by atoms with Crippen molar-refractivity contribution in [1.29, 1.82) is 0 Å². The summed E-state index contributed by atoms with van der Waals surface area (Å²) in [6.45, 7) is 1.92. The molecule has 0 fully saturated rings. The number of hydrogen-bond acceptors (Lipinski definition) is 9. The third-order valence-electron chi connectivity index (χ3n) is 6.82. The first-order valence-corrected chi connectivity index (χ1v) is 14.4. The van der Waals surface area contributed by atoms with Crippen molar-refractivity contribution in [3.05, 3.63) is 130 Å². The number of nitro benzene ring substituents is 1. The molecule has 0 spiro atoms. The third kappa shape index (κ3) is 5.95. The van der Waals surface area contributed by atoms with Gasteiger partial charge in [-0.2, -0.15) is 0 Å². The minimum Gasteiger partial charge on any atom is -0.493 e. The summed E-state index contributed by atoms with van der Waals surface area (Å²) >= 11 is 7.79. The van der Waals surface area contributed by atoms with Crippen LogP contribution in [0.25, 0.3) is 6.08 Å². The van der Waals surface area contributed by atoms with E-state index in [4.69, 9.17) is 25.8 Å². The molecule has 0 bridgehead atoms. The zero-order chi connectivity index (χ0) is 30.7. The Labute approximate surface area is 254 Å². The number of fused-ring (bicyclic) bond motifs is 1. The average molecular weight is 620 g/mol. The zero-order valence-corrected chi connectivity index (χ0v) is 25.0. The van der Waals surface area contributed by atoms with Crippen LogP contribution >= 0.6 is 22.9 Å². The number of carbonyl (C=O) groups excluding carboxylic acids is 1. The Balaban J connectivity index is 1.56. The molecule has 1 aromatic heterocycles. The van der Waals surface area contributed by atoms with E-state index in [-0.39, 0.29) is 28.6 Å². The average Bonchev–Trinajstić information content (AvgIpc) is 3.33. The highest BCUT2D eigenvalue weighted by Gasteiger charge is 2.33. The fourth-order valence-electron chi connectivity index (χ4n) is 4.84. The highest BCUT2D eigenvalue weighted by molar-refractivity contribution is 7.07. The van der Waals surface area contributed by atoms with Crippen molar-refractivity contribution in [2.45, 2.75) is 26.0 Å². The highest BCUT2D eigenvalue weighted by Crippen LogP contribution is 2.37. The molecule has 1 aliphatic rings. The Morgan fingerprint density at radius 3 is 2.58 bits per heavy atom. The van der Waals surface area contributed by atoms with Crippen molar-refractivity contribution < 1.29 is 23.9 Å². The number of nitro groups is 1. The van der Waals surface area contributed by atoms with Crippen molar-refractivity contribution in [3.63, 3.8) is 0 Å². The topological polar surface area (TPSA) is 122 Å². The second-order valence-corrected chi connectivity index (χ2v) is 10.9. The van der Waals surface area contributed by atoms with Gasteiger partial charge in [0.1, 0.15) is 6.61 Å². The van der Waals surface area contributed by atoms with E-state index in [1.807, 2.05) is 37.3 Å². The molecule has 2 heterocycles. The largest absolute Gasteiger partial charge is 0.493 e. The van der Waals surface area contributed by atoms with Crippen molar-refractivity contribution in [3.8, 4) is 11.5 Å². The summed E-state index contributed by atoms with van der Waals surface area (Å²) in [6, 6.07) is 18.0. The van der Waals surface area contributed by atoms with Crippen LogP contribution in [-0.4, -0.2) is 29.7 Å². The summed E-state index contributed by atoms with van der Waals surface area (Å²) in [5.41, 5.74) is 2.43. The first-order chi connectivity index (χ1) is 20.7. The predicted molar refractivity (Wildman–Crippen MR) is 162 cm³/mol. The van der Waals surface area contributed by atoms with Gasteiger partial charge in [0.05, 0.1) is 46.0 Å². The maximum atomic E-state index is 13.9. The lowest BCUT2D eigenvalue weighted by Crippen LogP contribution is -2.40. The van der Waals surface area contributed by atoms with E-state index in [1.54, 1.807) is 30.3 Å². The smallest absolute Gasteiger partial charge is 0.338 e. The van der Waals surface area contributed by atoms with Crippen LogP contribution in [0.5, 0.6) is 11.5 Å². The number of carbonyl (C=O) groups is 1. The standard InChI is InChI=1S/C31H26ClN3O7S/c1-4-23-26(30(37)41-3)27(20-10-6-5-7-11-20)34-29(36)25(43-31(34)33-23)16-19-14-22(32)28(24(15-19)40-2)42-17-18-9-8-12-21(13-18)35(38)39/h5-16,27H,4,17H2,1-3H3/b25-16-/t27-/m1/s1. The molecule has 0 saturated carbocycles. The van der Waals surface area contributed by atoms with Gasteiger partial charge in [-0.05, 0) is 41.3 Å². The quantitative estimate of drug-likeness (QED) is 0.148. The van der Waals surface area contributed by atoms with Crippen LogP contribution in [0.1, 0.15) is 36.1 Å². The molecule has 3 aromatic carbocycles. The van der Waals surface area contributed by atoms with Crippen LogP contribution < -0.4 is 24.4 Å². The zero-order valence-electron chi connectivity index (χ0n) is 23.4. The molecular weight excluding hydrogens is 594 g/mol. The number of esters is 1. The molecule has 0 aliphatic carbocycles. The van der Waals surface area contributed by atoms with Crippen LogP contribution in [0, 0.1) is 10.1 Å². The number of ether oxygens (including phenoxy) is 3. The lowest BCUT2D eigenvalue weighted by molar-refractivity contribution is -0.384. The van der Waals surface area contributed by atoms with Gasteiger partial charge in [0.25, 0.3) is 11.2 Å². The Kier molecular flexibility index (Phi) is 8.74. The number of aromatic nitrogens is 1. The van der Waals surface area contributed by atoms with E-state index in [0.29, 0.717) is 43.9 Å². The predicted octanol–water partition coefficient (Wildman–Crippen LogP) is 4.95. The Morgan fingerprint density at radius 1 is 1.14 bits per heavy atom. The molecule has 4 aromatic rings. The van der Waals surface area contributed by atoms with Crippen molar-refractivity contribution in [2.75, 3.05) is 14.2 Å². The Hall–Kier alpha value is -4.74. The fourth-order valence-corrected chi connectivity index (χ4v) is 6.14. The lowest BCUT2D eigenvalue weighted by Gasteiger charge is -2.25. The van der Waals surface area contributed by atoms with E-state index < -0.39 is 16.9 Å². The molecule has 12 heteroatoms. The summed E-state index contributed by atoms with van der Waals surface area (Å²) in [5.74, 6) is 0.0370. The Bertz CT molecular complexity index is 1930. The monoisotopic (exact) mass is 619 g/mol. The van der Waals surface area contributed by atoms with Gasteiger partial charge in [0.15, 0.2) is 16.3 Å². The fraction of sp³-hybridized carbons (Fsp3) is 0.194. The number of halogens is 1. The molecule has 43 heavy (non-hydrogen) atoms. The van der Waals surface area contributed by atoms with Gasteiger partial charge in [-0.1, -0.05) is 72.3 Å². The molecule has 0 N–H and O–H groups in total. The van der Waals surface area contributed by atoms with Gasteiger partial charge in [0.2, 0.25) is 0 Å². The summed E-state index contributed by atoms with van der Waals surface area (Å²) < 4.78 is 18.4. The van der Waals surface area contributed by atoms with Crippen molar-refractivity contribution in [2.24, 2.45) is 4.99 Å².